The van der Waals surface area contributed by atoms with Crippen LogP contribution >= 0.6 is 0 Å². The largest absolute Gasteiger partial charge is 0.454 e. The van der Waals surface area contributed by atoms with Crippen molar-refractivity contribution in [3.8, 4) is 11.5 Å². The number of hydrazine groups is 1. The van der Waals surface area contributed by atoms with Gasteiger partial charge in [-0.15, -0.1) is 0 Å². The van der Waals surface area contributed by atoms with E-state index in [2.05, 4.69) is 10.9 Å². The number of fused-ring (bicyclic) bond motifs is 1. The zero-order chi connectivity index (χ0) is 22.9. The summed E-state index contributed by atoms with van der Waals surface area (Å²) in [6, 6.07) is 6.81. The maximum absolute atomic E-state index is 13.9. The van der Waals surface area contributed by atoms with Gasteiger partial charge in [0, 0.05) is 24.6 Å². The number of piperidine rings is 1. The highest BCUT2D eigenvalue weighted by Crippen LogP contribution is 2.32. The lowest BCUT2D eigenvalue weighted by molar-refractivity contribution is -0.126. The van der Waals surface area contributed by atoms with Gasteiger partial charge in [0.25, 0.3) is 5.91 Å². The quantitative estimate of drug-likeness (QED) is 0.660. The number of amides is 2. The third-order valence-corrected chi connectivity index (χ3v) is 7.18. The number of hydrogen-bond donors (Lipinski definition) is 2. The molecule has 2 aliphatic heterocycles. The molecule has 2 aliphatic rings. The van der Waals surface area contributed by atoms with E-state index >= 15 is 0 Å². The highest BCUT2D eigenvalue weighted by Gasteiger charge is 2.34. The van der Waals surface area contributed by atoms with E-state index in [0.29, 0.717) is 17.6 Å². The zero-order valence-electron chi connectivity index (χ0n) is 16.6. The van der Waals surface area contributed by atoms with E-state index in [1.165, 1.54) is 12.1 Å². The number of halogens is 2. The van der Waals surface area contributed by atoms with Crippen LogP contribution in [-0.4, -0.2) is 44.4 Å². The number of carbonyl (C=O) groups excluding carboxylic acids is 2. The van der Waals surface area contributed by atoms with E-state index in [9.17, 15) is 26.8 Å². The summed E-state index contributed by atoms with van der Waals surface area (Å²) in [7, 11) is -4.24. The first kappa shape index (κ1) is 22.0. The fraction of sp³-hybridized carbons (Fsp3) is 0.300. The normalized spacial score (nSPS) is 16.6. The topological polar surface area (TPSA) is 114 Å². The van der Waals surface area contributed by atoms with Crippen molar-refractivity contribution in [2.75, 3.05) is 19.9 Å². The Labute approximate surface area is 182 Å². The van der Waals surface area contributed by atoms with E-state index in [0.717, 1.165) is 16.4 Å². The molecule has 0 saturated carbocycles. The van der Waals surface area contributed by atoms with Crippen molar-refractivity contribution >= 4 is 21.8 Å². The lowest BCUT2D eigenvalue weighted by Gasteiger charge is -2.30. The maximum Gasteiger partial charge on any atom is 0.269 e. The molecule has 2 aromatic carbocycles. The summed E-state index contributed by atoms with van der Waals surface area (Å²) in [5, 5.41) is 0. The molecule has 0 unspecified atom stereocenters. The first-order chi connectivity index (χ1) is 15.3. The summed E-state index contributed by atoms with van der Waals surface area (Å²) in [6.45, 7) is -0.0314. The fourth-order valence-electron chi connectivity index (χ4n) is 3.50. The molecule has 1 fully saturated rings. The molecule has 12 heteroatoms. The van der Waals surface area contributed by atoms with Crippen molar-refractivity contribution in [2.24, 2.45) is 5.92 Å². The number of hydrogen-bond acceptors (Lipinski definition) is 6. The summed E-state index contributed by atoms with van der Waals surface area (Å²) >= 11 is 0. The monoisotopic (exact) mass is 467 g/mol. The number of nitrogens with one attached hydrogen (secondary N) is 2. The summed E-state index contributed by atoms with van der Waals surface area (Å²) in [5.41, 5.74) is 4.90. The highest BCUT2D eigenvalue weighted by atomic mass is 32.2. The van der Waals surface area contributed by atoms with E-state index in [-0.39, 0.29) is 38.3 Å². The minimum Gasteiger partial charge on any atom is -0.454 e. The molecule has 2 amide bonds. The summed E-state index contributed by atoms with van der Waals surface area (Å²) in [5.74, 6) is -2.56. The smallest absolute Gasteiger partial charge is 0.269 e. The summed E-state index contributed by atoms with van der Waals surface area (Å²) in [4.78, 5) is 23.9. The summed E-state index contributed by atoms with van der Waals surface area (Å²) in [6.07, 6.45) is 0.309. The molecule has 0 aromatic heterocycles. The fourth-order valence-corrected chi connectivity index (χ4v) is 5.05. The van der Waals surface area contributed by atoms with Gasteiger partial charge >= 0.3 is 0 Å². The van der Waals surface area contributed by atoms with Crippen LogP contribution in [0.3, 0.4) is 0 Å². The van der Waals surface area contributed by atoms with Crippen LogP contribution in [0.2, 0.25) is 0 Å². The van der Waals surface area contributed by atoms with Crippen LogP contribution in [0.15, 0.2) is 41.3 Å². The number of carbonyl (C=O) groups is 2. The van der Waals surface area contributed by atoms with Crippen LogP contribution in [0.1, 0.15) is 23.2 Å². The minimum absolute atomic E-state index is 0.0491. The third-order valence-electron chi connectivity index (χ3n) is 5.27. The molecule has 0 atom stereocenters. The van der Waals surface area contributed by atoms with Crippen molar-refractivity contribution in [3.63, 3.8) is 0 Å². The first-order valence-corrected chi connectivity index (χ1v) is 11.1. The molecule has 4 rings (SSSR count). The van der Waals surface area contributed by atoms with E-state index < -0.39 is 44.3 Å². The van der Waals surface area contributed by atoms with Gasteiger partial charge in [-0.2, -0.15) is 4.31 Å². The predicted molar refractivity (Wildman–Crippen MR) is 106 cm³/mol. The molecular weight excluding hydrogens is 448 g/mol. The standard InChI is InChI=1S/C20H19F2N3O6S/c21-14-2-3-15(22)18(10-14)32(28,29)25-7-5-12(6-8-25)19(26)23-24-20(27)13-1-4-16-17(9-13)31-11-30-16/h1-4,9-10,12H,5-8,11H2,(H,23,26)(H,24,27). The van der Waals surface area contributed by atoms with Gasteiger partial charge in [0.2, 0.25) is 22.7 Å². The second-order valence-corrected chi connectivity index (χ2v) is 9.17. The Morgan fingerprint density at radius 3 is 2.44 bits per heavy atom. The van der Waals surface area contributed by atoms with Gasteiger partial charge in [-0.25, -0.2) is 17.2 Å². The van der Waals surface area contributed by atoms with Crippen molar-refractivity contribution < 1.29 is 36.3 Å². The van der Waals surface area contributed by atoms with Gasteiger partial charge in [-0.05, 0) is 49.2 Å². The van der Waals surface area contributed by atoms with Crippen molar-refractivity contribution in [1.82, 2.24) is 15.2 Å². The molecular formula is C20H19F2N3O6S. The molecule has 2 aromatic rings. The number of rotatable bonds is 4. The minimum atomic E-state index is -4.24. The van der Waals surface area contributed by atoms with Gasteiger partial charge in [-0.1, -0.05) is 0 Å². The second kappa shape index (κ2) is 8.71. The van der Waals surface area contributed by atoms with Crippen LogP contribution < -0.4 is 20.3 Å². The third kappa shape index (κ3) is 4.36. The molecule has 2 N–H and O–H groups in total. The molecule has 0 aliphatic carbocycles. The predicted octanol–water partition coefficient (Wildman–Crippen LogP) is 1.56. The van der Waals surface area contributed by atoms with Gasteiger partial charge < -0.3 is 9.47 Å². The molecule has 9 nitrogen and oxygen atoms in total. The molecule has 0 spiro atoms. The Kier molecular flexibility index (Phi) is 5.98. The van der Waals surface area contributed by atoms with Gasteiger partial charge in [0.05, 0.1) is 0 Å². The van der Waals surface area contributed by atoms with Crippen LogP contribution in [0.25, 0.3) is 0 Å². The Balaban J connectivity index is 1.31. The van der Waals surface area contributed by atoms with Crippen LogP contribution in [0.5, 0.6) is 11.5 Å². The molecule has 0 bridgehead atoms. The van der Waals surface area contributed by atoms with E-state index in [1.54, 1.807) is 6.07 Å². The average Bonchev–Trinajstić information content (AvgIpc) is 3.26. The zero-order valence-corrected chi connectivity index (χ0v) is 17.5. The number of nitrogens with zero attached hydrogens (tertiary/aromatic N) is 1. The van der Waals surface area contributed by atoms with Gasteiger partial charge in [-0.3, -0.25) is 20.4 Å². The number of ether oxygens (including phenoxy) is 2. The Bertz CT molecular complexity index is 1170. The number of sulfonamides is 1. The SMILES string of the molecule is O=C(NNC(=O)C1CCN(S(=O)(=O)c2cc(F)ccc2F)CC1)c1ccc2c(c1)OCO2. The van der Waals surface area contributed by atoms with Crippen molar-refractivity contribution in [1.29, 1.82) is 0 Å². The van der Waals surface area contributed by atoms with E-state index in [1.807, 2.05) is 0 Å². The second-order valence-electron chi connectivity index (χ2n) is 7.26. The lowest BCUT2D eigenvalue weighted by Crippen LogP contribution is -2.48. The molecule has 32 heavy (non-hydrogen) atoms. The van der Waals surface area contributed by atoms with Gasteiger partial charge in [0.1, 0.15) is 16.5 Å². The Hall–Kier alpha value is -3.25. The van der Waals surface area contributed by atoms with Crippen LogP contribution in [0, 0.1) is 17.6 Å². The molecule has 0 radical (unpaired) electrons. The lowest BCUT2D eigenvalue weighted by atomic mass is 9.98. The maximum atomic E-state index is 13.9. The summed E-state index contributed by atoms with van der Waals surface area (Å²) < 4.78 is 64.0. The molecule has 170 valence electrons. The Morgan fingerprint density at radius 1 is 0.969 bits per heavy atom. The van der Waals surface area contributed by atoms with E-state index in [4.69, 9.17) is 9.47 Å². The van der Waals surface area contributed by atoms with Crippen LogP contribution in [0.4, 0.5) is 8.78 Å². The van der Waals surface area contributed by atoms with Crippen molar-refractivity contribution in [2.45, 2.75) is 17.7 Å². The number of benzene rings is 2. The van der Waals surface area contributed by atoms with Crippen LogP contribution in [-0.2, 0) is 14.8 Å². The van der Waals surface area contributed by atoms with Gasteiger partial charge in [0.15, 0.2) is 11.5 Å². The van der Waals surface area contributed by atoms with Crippen molar-refractivity contribution in [3.05, 3.63) is 53.6 Å². The molecule has 1 saturated heterocycles. The first-order valence-electron chi connectivity index (χ1n) is 9.71. The average molecular weight is 467 g/mol. The Morgan fingerprint density at radius 2 is 1.69 bits per heavy atom. The molecule has 2 heterocycles. The highest BCUT2D eigenvalue weighted by molar-refractivity contribution is 7.89.